The Morgan fingerprint density at radius 2 is 1.48 bits per heavy atom. The molecule has 0 heterocycles. The number of hydrogen-bond acceptors (Lipinski definition) is 5. The van der Waals surface area contributed by atoms with Crippen molar-refractivity contribution in [3.05, 3.63) is 106 Å². The van der Waals surface area contributed by atoms with Gasteiger partial charge in [-0.15, -0.1) is 0 Å². The summed E-state index contributed by atoms with van der Waals surface area (Å²) < 4.78 is 5.65. The molecule has 1 amide bonds. The zero-order valence-corrected chi connectivity index (χ0v) is 18.5. The minimum Gasteiger partial charge on any atom is -0.494 e. The van der Waals surface area contributed by atoms with Crippen LogP contribution in [0.15, 0.2) is 78.9 Å². The number of ketones is 1. The minimum absolute atomic E-state index is 0.00507. The average Bonchev–Trinajstić information content (AvgIpc) is 2.82. The number of Topliss-reactive ketones (excluding diaryl/α,β-unsaturated/α-hetero) is 1. The van der Waals surface area contributed by atoms with E-state index in [1.54, 1.807) is 0 Å². The second-order valence-corrected chi connectivity index (χ2v) is 7.67. The van der Waals surface area contributed by atoms with Gasteiger partial charge in [-0.2, -0.15) is 0 Å². The predicted molar refractivity (Wildman–Crippen MR) is 125 cm³/mol. The van der Waals surface area contributed by atoms with E-state index >= 15 is 0 Å². The predicted octanol–water partition coefficient (Wildman–Crippen LogP) is 5.19. The standard InChI is InChI=1S/C26H26N2O5/c1-20(29)24-17-23(14-15-25(24)28(31)32)33-16-8-13-26(30)27(18-21-9-4-2-5-10-21)19-22-11-6-3-7-12-22/h2-7,9-12,14-15,17H,8,13,16,18-19H2,1H3. The highest BCUT2D eigenvalue weighted by Gasteiger charge is 2.18. The number of amides is 1. The van der Waals surface area contributed by atoms with Gasteiger partial charge in [-0.05, 0) is 36.6 Å². The summed E-state index contributed by atoms with van der Waals surface area (Å²) in [5, 5.41) is 11.1. The molecule has 0 spiro atoms. The first-order valence-corrected chi connectivity index (χ1v) is 10.7. The van der Waals surface area contributed by atoms with Gasteiger partial charge in [0, 0.05) is 25.6 Å². The maximum Gasteiger partial charge on any atom is 0.280 e. The topological polar surface area (TPSA) is 89.8 Å². The van der Waals surface area contributed by atoms with Crippen LogP contribution in [0.1, 0.15) is 41.3 Å². The maximum absolute atomic E-state index is 13.0. The minimum atomic E-state index is -0.590. The number of benzene rings is 3. The monoisotopic (exact) mass is 446 g/mol. The van der Waals surface area contributed by atoms with Gasteiger partial charge < -0.3 is 9.64 Å². The Hall–Kier alpha value is -4.00. The molecule has 0 N–H and O–H groups in total. The van der Waals surface area contributed by atoms with Crippen molar-refractivity contribution in [2.24, 2.45) is 0 Å². The van der Waals surface area contributed by atoms with Gasteiger partial charge in [-0.25, -0.2) is 0 Å². The van der Waals surface area contributed by atoms with E-state index in [0.717, 1.165) is 11.1 Å². The van der Waals surface area contributed by atoms with E-state index in [-0.39, 0.29) is 23.8 Å². The molecule has 0 unspecified atom stereocenters. The summed E-state index contributed by atoms with van der Waals surface area (Å²) in [4.78, 5) is 37.0. The first-order chi connectivity index (χ1) is 15.9. The zero-order chi connectivity index (χ0) is 23.6. The van der Waals surface area contributed by atoms with Crippen LogP contribution in [-0.4, -0.2) is 28.1 Å². The Balaban J connectivity index is 1.59. The number of carbonyl (C=O) groups excluding carboxylic acids is 2. The van der Waals surface area contributed by atoms with Gasteiger partial charge in [0.15, 0.2) is 5.78 Å². The van der Waals surface area contributed by atoms with Crippen LogP contribution < -0.4 is 4.74 Å². The molecular weight excluding hydrogens is 420 g/mol. The molecule has 0 aliphatic rings. The van der Waals surface area contributed by atoms with Crippen LogP contribution in [0.3, 0.4) is 0 Å². The number of ether oxygens (including phenoxy) is 1. The van der Waals surface area contributed by atoms with E-state index in [2.05, 4.69) is 0 Å². The lowest BCUT2D eigenvalue weighted by molar-refractivity contribution is -0.385. The summed E-state index contributed by atoms with van der Waals surface area (Å²) in [6, 6.07) is 23.8. The lowest BCUT2D eigenvalue weighted by Crippen LogP contribution is -2.30. The molecule has 33 heavy (non-hydrogen) atoms. The Bertz CT molecular complexity index is 1060. The number of nitrogens with zero attached hydrogens (tertiary/aromatic N) is 2. The molecule has 0 aliphatic heterocycles. The van der Waals surface area contributed by atoms with Crippen LogP contribution in [0.5, 0.6) is 5.75 Å². The Morgan fingerprint density at radius 1 is 0.909 bits per heavy atom. The molecule has 0 aromatic heterocycles. The second kappa shape index (κ2) is 11.6. The van der Waals surface area contributed by atoms with E-state index in [0.29, 0.717) is 31.7 Å². The molecule has 170 valence electrons. The molecule has 0 radical (unpaired) electrons. The van der Waals surface area contributed by atoms with Crippen molar-refractivity contribution >= 4 is 17.4 Å². The molecule has 0 atom stereocenters. The second-order valence-electron chi connectivity index (χ2n) is 7.67. The molecule has 0 bridgehead atoms. The molecule has 3 rings (SSSR count). The fraction of sp³-hybridized carbons (Fsp3) is 0.231. The zero-order valence-electron chi connectivity index (χ0n) is 18.5. The highest BCUT2D eigenvalue weighted by atomic mass is 16.6. The lowest BCUT2D eigenvalue weighted by Gasteiger charge is -2.23. The van der Waals surface area contributed by atoms with Crippen molar-refractivity contribution in [1.29, 1.82) is 0 Å². The summed E-state index contributed by atoms with van der Waals surface area (Å²) in [5.41, 5.74) is 1.87. The molecule has 7 heteroatoms. The molecular formula is C26H26N2O5. The summed E-state index contributed by atoms with van der Waals surface area (Å²) in [6.07, 6.45) is 0.775. The van der Waals surface area contributed by atoms with Crippen LogP contribution in [0, 0.1) is 10.1 Å². The van der Waals surface area contributed by atoms with Gasteiger partial charge in [0.1, 0.15) is 5.75 Å². The summed E-state index contributed by atoms with van der Waals surface area (Å²) in [5.74, 6) is -0.0251. The Kier molecular flexibility index (Phi) is 8.30. The van der Waals surface area contributed by atoms with Crippen molar-refractivity contribution < 1.29 is 19.2 Å². The van der Waals surface area contributed by atoms with Gasteiger partial charge in [0.2, 0.25) is 5.91 Å². The first-order valence-electron chi connectivity index (χ1n) is 10.7. The number of nitro groups is 1. The Morgan fingerprint density at radius 3 is 2.00 bits per heavy atom. The quantitative estimate of drug-likeness (QED) is 0.175. The van der Waals surface area contributed by atoms with Crippen LogP contribution in [0.4, 0.5) is 5.69 Å². The molecule has 0 fully saturated rings. The SMILES string of the molecule is CC(=O)c1cc(OCCCC(=O)N(Cc2ccccc2)Cc2ccccc2)ccc1[N+](=O)[O-]. The van der Waals surface area contributed by atoms with E-state index in [4.69, 9.17) is 4.74 Å². The third kappa shape index (κ3) is 7.00. The van der Waals surface area contributed by atoms with Crippen molar-refractivity contribution in [2.75, 3.05) is 6.61 Å². The average molecular weight is 447 g/mol. The van der Waals surface area contributed by atoms with Crippen LogP contribution in [0.2, 0.25) is 0 Å². The van der Waals surface area contributed by atoms with Gasteiger partial charge in [0.05, 0.1) is 17.1 Å². The smallest absolute Gasteiger partial charge is 0.280 e. The number of carbonyl (C=O) groups is 2. The van der Waals surface area contributed by atoms with Crippen LogP contribution in [-0.2, 0) is 17.9 Å². The normalized spacial score (nSPS) is 10.5. The van der Waals surface area contributed by atoms with E-state index in [9.17, 15) is 19.7 Å². The fourth-order valence-corrected chi connectivity index (χ4v) is 3.46. The van der Waals surface area contributed by atoms with Crippen molar-refractivity contribution in [1.82, 2.24) is 4.90 Å². The molecule has 0 aliphatic carbocycles. The summed E-state index contributed by atoms with van der Waals surface area (Å²) >= 11 is 0. The van der Waals surface area contributed by atoms with Gasteiger partial charge in [0.25, 0.3) is 5.69 Å². The molecule has 0 saturated heterocycles. The van der Waals surface area contributed by atoms with Gasteiger partial charge in [-0.3, -0.25) is 19.7 Å². The van der Waals surface area contributed by atoms with E-state index in [1.165, 1.54) is 25.1 Å². The van der Waals surface area contributed by atoms with Crippen molar-refractivity contribution in [3.63, 3.8) is 0 Å². The number of nitro benzene ring substituents is 1. The van der Waals surface area contributed by atoms with E-state index < -0.39 is 10.7 Å². The van der Waals surface area contributed by atoms with Crippen molar-refractivity contribution in [3.8, 4) is 5.75 Å². The summed E-state index contributed by atoms with van der Waals surface area (Å²) in [6.45, 7) is 2.56. The number of rotatable bonds is 11. The first kappa shape index (κ1) is 23.7. The molecule has 3 aromatic carbocycles. The van der Waals surface area contributed by atoms with Crippen LogP contribution in [0.25, 0.3) is 0 Å². The highest BCUT2D eigenvalue weighted by Crippen LogP contribution is 2.24. The maximum atomic E-state index is 13.0. The van der Waals surface area contributed by atoms with Crippen molar-refractivity contribution in [2.45, 2.75) is 32.9 Å². The lowest BCUT2D eigenvalue weighted by atomic mass is 10.1. The van der Waals surface area contributed by atoms with Gasteiger partial charge >= 0.3 is 0 Å². The molecule has 7 nitrogen and oxygen atoms in total. The fourth-order valence-electron chi connectivity index (χ4n) is 3.46. The largest absolute Gasteiger partial charge is 0.494 e. The van der Waals surface area contributed by atoms with Crippen LogP contribution >= 0.6 is 0 Å². The third-order valence-corrected chi connectivity index (χ3v) is 5.13. The molecule has 0 saturated carbocycles. The molecule has 3 aromatic rings. The highest BCUT2D eigenvalue weighted by molar-refractivity contribution is 5.98. The van der Waals surface area contributed by atoms with E-state index in [1.807, 2.05) is 65.6 Å². The summed E-state index contributed by atoms with van der Waals surface area (Å²) in [7, 11) is 0. The Labute approximate surface area is 192 Å². The third-order valence-electron chi connectivity index (χ3n) is 5.13. The van der Waals surface area contributed by atoms with Gasteiger partial charge in [-0.1, -0.05) is 60.7 Å². The number of hydrogen-bond donors (Lipinski definition) is 0.